The fraction of sp³-hybridized carbons (Fsp3) is 0.367. The first-order chi connectivity index (χ1) is 19.2. The third-order valence-corrected chi connectivity index (χ3v) is 6.95. The van der Waals surface area contributed by atoms with E-state index in [1.807, 2.05) is 49.1 Å². The van der Waals surface area contributed by atoms with Crippen molar-refractivity contribution in [2.45, 2.75) is 45.6 Å². The highest BCUT2D eigenvalue weighted by atomic mass is 35.5. The molecule has 1 aromatic heterocycles. The van der Waals surface area contributed by atoms with Crippen LogP contribution in [0.1, 0.15) is 48.3 Å². The fourth-order valence-electron chi connectivity index (χ4n) is 4.85. The summed E-state index contributed by atoms with van der Waals surface area (Å²) in [7, 11) is 0. The Hall–Kier alpha value is -3.98. The highest BCUT2D eigenvalue weighted by molar-refractivity contribution is 6.30. The van der Waals surface area contributed by atoms with Gasteiger partial charge in [0.1, 0.15) is 12.6 Å². The molecule has 1 saturated heterocycles. The van der Waals surface area contributed by atoms with Gasteiger partial charge in [0, 0.05) is 30.0 Å². The van der Waals surface area contributed by atoms with Crippen LogP contribution in [0, 0.1) is 5.92 Å². The van der Waals surface area contributed by atoms with E-state index in [4.69, 9.17) is 16.6 Å². The first-order valence-electron chi connectivity index (χ1n) is 13.4. The Morgan fingerprint density at radius 1 is 1.10 bits per heavy atom. The van der Waals surface area contributed by atoms with Crippen molar-refractivity contribution in [2.24, 2.45) is 5.92 Å². The van der Waals surface area contributed by atoms with E-state index in [9.17, 15) is 19.5 Å². The van der Waals surface area contributed by atoms with Crippen molar-refractivity contribution in [3.05, 3.63) is 82.6 Å². The Morgan fingerprint density at radius 3 is 2.50 bits per heavy atom. The number of anilines is 2. The summed E-state index contributed by atoms with van der Waals surface area (Å²) in [4.78, 5) is 50.8. The summed E-state index contributed by atoms with van der Waals surface area (Å²) >= 11 is 5.97. The van der Waals surface area contributed by atoms with Crippen molar-refractivity contribution in [1.29, 1.82) is 0 Å². The number of carboxylic acids is 1. The van der Waals surface area contributed by atoms with Gasteiger partial charge >= 0.3 is 5.97 Å². The quantitative estimate of drug-likeness (QED) is 0.347. The molecule has 2 N–H and O–H groups in total. The van der Waals surface area contributed by atoms with Gasteiger partial charge in [0.05, 0.1) is 11.3 Å². The van der Waals surface area contributed by atoms with Crippen LogP contribution in [0.2, 0.25) is 5.02 Å². The van der Waals surface area contributed by atoms with Gasteiger partial charge in [-0.2, -0.15) is 0 Å². The minimum Gasteiger partial charge on any atom is -0.480 e. The van der Waals surface area contributed by atoms with E-state index in [0.717, 1.165) is 12.0 Å². The normalized spacial score (nSPS) is 14.8. The van der Waals surface area contributed by atoms with Crippen molar-refractivity contribution in [2.75, 3.05) is 29.9 Å². The third kappa shape index (κ3) is 7.57. The number of hydrogen-bond donors (Lipinski definition) is 2. The van der Waals surface area contributed by atoms with Gasteiger partial charge in [-0.1, -0.05) is 55.8 Å². The lowest BCUT2D eigenvalue weighted by molar-refractivity contribution is -0.137. The molecule has 40 heavy (non-hydrogen) atoms. The van der Waals surface area contributed by atoms with Crippen LogP contribution in [0.3, 0.4) is 0 Å². The van der Waals surface area contributed by atoms with Crippen molar-refractivity contribution in [3.8, 4) is 0 Å². The first-order valence-corrected chi connectivity index (χ1v) is 13.8. The molecular weight excluding hydrogens is 530 g/mol. The summed E-state index contributed by atoms with van der Waals surface area (Å²) in [6.45, 7) is 4.35. The number of halogens is 1. The number of amides is 2. The molecule has 0 radical (unpaired) electrons. The van der Waals surface area contributed by atoms with Crippen LogP contribution in [0.15, 0.2) is 60.8 Å². The predicted molar refractivity (Wildman–Crippen MR) is 155 cm³/mol. The number of carbonyl (C=O) groups is 3. The number of carboxylic acid groups (broad SMARTS) is 1. The molecule has 4 rings (SSSR count). The maximum atomic E-state index is 13.6. The van der Waals surface area contributed by atoms with Crippen LogP contribution in [-0.4, -0.2) is 63.4 Å². The SMILES string of the molecule is CC(C)CN(CC(=O)O)C(=O)c1cnc(N2CCC[C@H]2C(=O)Nc2ccc(Cl)cc2)nc1CCc1ccccc1. The molecule has 0 saturated carbocycles. The van der Waals surface area contributed by atoms with Crippen LogP contribution in [0.25, 0.3) is 0 Å². The molecule has 9 nitrogen and oxygen atoms in total. The van der Waals surface area contributed by atoms with Crippen LogP contribution >= 0.6 is 11.6 Å². The van der Waals surface area contributed by atoms with E-state index in [1.165, 1.54) is 11.1 Å². The van der Waals surface area contributed by atoms with Crippen molar-refractivity contribution in [3.63, 3.8) is 0 Å². The molecule has 10 heteroatoms. The van der Waals surface area contributed by atoms with Gasteiger partial charge in [0.2, 0.25) is 11.9 Å². The number of rotatable bonds is 11. The molecule has 2 heterocycles. The number of hydrogen-bond acceptors (Lipinski definition) is 6. The lowest BCUT2D eigenvalue weighted by Crippen LogP contribution is -2.41. The van der Waals surface area contributed by atoms with Gasteiger partial charge in [-0.3, -0.25) is 14.4 Å². The van der Waals surface area contributed by atoms with Crippen molar-refractivity contribution < 1.29 is 19.5 Å². The molecule has 0 unspecified atom stereocenters. The molecular formula is C30H34ClN5O4. The molecule has 1 atom stereocenters. The molecule has 1 aliphatic heterocycles. The van der Waals surface area contributed by atoms with Gasteiger partial charge in [-0.05, 0) is 61.4 Å². The second-order valence-corrected chi connectivity index (χ2v) is 10.8. The van der Waals surface area contributed by atoms with E-state index < -0.39 is 24.5 Å². The second-order valence-electron chi connectivity index (χ2n) is 10.3. The Bertz CT molecular complexity index is 1330. The Labute approximate surface area is 239 Å². The number of nitrogens with one attached hydrogen (secondary N) is 1. The van der Waals surface area contributed by atoms with Crippen molar-refractivity contribution >= 4 is 41.0 Å². The molecule has 2 amide bonds. The van der Waals surface area contributed by atoms with Crippen molar-refractivity contribution in [1.82, 2.24) is 14.9 Å². The largest absolute Gasteiger partial charge is 0.480 e. The Morgan fingerprint density at radius 2 is 1.82 bits per heavy atom. The molecule has 1 fully saturated rings. The summed E-state index contributed by atoms with van der Waals surface area (Å²) < 4.78 is 0. The topological polar surface area (TPSA) is 116 Å². The van der Waals surface area contributed by atoms with Gasteiger partial charge in [-0.15, -0.1) is 0 Å². The Kier molecular flexibility index (Phi) is 9.71. The molecule has 0 aliphatic carbocycles. The van der Waals surface area contributed by atoms with Crippen LogP contribution in [0.4, 0.5) is 11.6 Å². The summed E-state index contributed by atoms with van der Waals surface area (Å²) in [5, 5.41) is 13.0. The smallest absolute Gasteiger partial charge is 0.323 e. The first kappa shape index (κ1) is 29.0. The van der Waals surface area contributed by atoms with Gasteiger partial charge in [0.25, 0.3) is 5.91 Å². The third-order valence-electron chi connectivity index (χ3n) is 6.70. The minimum absolute atomic E-state index is 0.0840. The lowest BCUT2D eigenvalue weighted by atomic mass is 10.0. The Balaban J connectivity index is 1.62. The summed E-state index contributed by atoms with van der Waals surface area (Å²) in [6, 6.07) is 16.3. The standard InChI is InChI=1S/C30H34ClN5O4/c1-20(2)18-35(19-27(37)38)29(40)24-17-32-30(34-25(24)15-10-21-7-4-3-5-8-21)36-16-6-9-26(36)28(39)33-23-13-11-22(31)12-14-23/h3-5,7-8,11-14,17,20,26H,6,9-10,15-16,18-19H2,1-2H3,(H,33,39)(H,37,38)/t26-/m0/s1. The highest BCUT2D eigenvalue weighted by Crippen LogP contribution is 2.26. The molecule has 2 aromatic carbocycles. The summed E-state index contributed by atoms with van der Waals surface area (Å²) in [5.74, 6) is -1.20. The summed E-state index contributed by atoms with van der Waals surface area (Å²) in [6.07, 6.45) is 4.01. The lowest BCUT2D eigenvalue weighted by Gasteiger charge is -2.26. The zero-order valence-corrected chi connectivity index (χ0v) is 23.5. The average Bonchev–Trinajstić information content (AvgIpc) is 3.43. The molecule has 1 aliphatic rings. The number of aromatic nitrogens is 2. The zero-order chi connectivity index (χ0) is 28.6. The van der Waals surface area contributed by atoms with Gasteiger partial charge in [0.15, 0.2) is 0 Å². The maximum absolute atomic E-state index is 13.6. The predicted octanol–water partition coefficient (Wildman–Crippen LogP) is 4.71. The number of nitrogens with zero attached hydrogens (tertiary/aromatic N) is 4. The van der Waals surface area contributed by atoms with E-state index in [1.54, 1.807) is 24.3 Å². The molecule has 3 aromatic rings. The number of aliphatic carboxylic acids is 1. The number of carbonyl (C=O) groups excluding carboxylic acids is 2. The van der Waals surface area contributed by atoms with Gasteiger partial charge < -0.3 is 20.2 Å². The van der Waals surface area contributed by atoms with E-state index in [2.05, 4.69) is 10.3 Å². The summed E-state index contributed by atoms with van der Waals surface area (Å²) in [5.41, 5.74) is 2.55. The zero-order valence-electron chi connectivity index (χ0n) is 22.7. The molecule has 0 bridgehead atoms. The van der Waals surface area contributed by atoms with Crippen LogP contribution in [-0.2, 0) is 22.4 Å². The molecule has 210 valence electrons. The highest BCUT2D eigenvalue weighted by Gasteiger charge is 2.33. The van der Waals surface area contributed by atoms with Crippen LogP contribution in [0.5, 0.6) is 0 Å². The second kappa shape index (κ2) is 13.4. The number of aryl methyl sites for hydroxylation is 2. The molecule has 0 spiro atoms. The number of benzene rings is 2. The van der Waals surface area contributed by atoms with E-state index >= 15 is 0 Å². The maximum Gasteiger partial charge on any atom is 0.323 e. The van der Waals surface area contributed by atoms with Crippen LogP contribution < -0.4 is 10.2 Å². The van der Waals surface area contributed by atoms with Gasteiger partial charge in [-0.25, -0.2) is 9.97 Å². The van der Waals surface area contributed by atoms with E-state index in [-0.39, 0.29) is 17.4 Å². The average molecular weight is 564 g/mol. The minimum atomic E-state index is -1.08. The fourth-order valence-corrected chi connectivity index (χ4v) is 4.98. The van der Waals surface area contributed by atoms with E-state index in [0.29, 0.717) is 54.7 Å². The monoisotopic (exact) mass is 563 g/mol.